The van der Waals surface area contributed by atoms with Crippen LogP contribution in [0.15, 0.2) is 0 Å². The smallest absolute Gasteiger partial charge is 0.222 e. The highest BCUT2D eigenvalue weighted by molar-refractivity contribution is 5.76. The fourth-order valence-electron chi connectivity index (χ4n) is 2.29. The number of unbranched alkanes of at least 4 members (excludes halogenated alkanes) is 1. The van der Waals surface area contributed by atoms with Crippen LogP contribution in [-0.2, 0) is 4.79 Å². The Kier molecular flexibility index (Phi) is 5.69. The van der Waals surface area contributed by atoms with Gasteiger partial charge in [0.1, 0.15) is 0 Å². The number of hydrogen-bond donors (Lipinski definition) is 1. The molecule has 0 aromatic heterocycles. The molecule has 3 nitrogen and oxygen atoms in total. The molecule has 1 amide bonds. The zero-order valence-electron chi connectivity index (χ0n) is 9.87. The van der Waals surface area contributed by atoms with Gasteiger partial charge in [-0.3, -0.25) is 4.79 Å². The predicted molar refractivity (Wildman–Crippen MR) is 62.5 cm³/mol. The summed E-state index contributed by atoms with van der Waals surface area (Å²) in [5.41, 5.74) is 5.58. The van der Waals surface area contributed by atoms with Crippen LogP contribution in [0.5, 0.6) is 0 Å². The van der Waals surface area contributed by atoms with E-state index in [-0.39, 0.29) is 0 Å². The number of nitrogens with two attached hydrogens (primary N) is 1. The molecule has 1 atom stereocenters. The molecule has 0 aromatic carbocycles. The first-order chi connectivity index (χ1) is 7.29. The molecule has 1 heterocycles. The van der Waals surface area contributed by atoms with Crippen LogP contribution >= 0.6 is 0 Å². The van der Waals surface area contributed by atoms with Crippen molar-refractivity contribution in [3.05, 3.63) is 0 Å². The number of nitrogens with zero attached hydrogens (tertiary/aromatic N) is 1. The molecule has 0 aromatic rings. The molecule has 0 bridgehead atoms. The predicted octanol–water partition coefficient (Wildman–Crippen LogP) is 1.91. The molecule has 1 aliphatic heterocycles. The van der Waals surface area contributed by atoms with Crippen molar-refractivity contribution < 1.29 is 4.79 Å². The maximum atomic E-state index is 11.9. The van der Waals surface area contributed by atoms with E-state index in [1.54, 1.807) is 0 Å². The van der Waals surface area contributed by atoms with Crippen LogP contribution in [0, 0.1) is 0 Å². The van der Waals surface area contributed by atoms with Gasteiger partial charge in [0.25, 0.3) is 0 Å². The van der Waals surface area contributed by atoms with Crippen LogP contribution < -0.4 is 5.73 Å². The minimum atomic E-state index is 0.343. The largest absolute Gasteiger partial charge is 0.340 e. The number of rotatable bonds is 5. The van der Waals surface area contributed by atoms with Crippen molar-refractivity contribution >= 4 is 5.91 Å². The summed E-state index contributed by atoms with van der Waals surface area (Å²) in [7, 11) is 0. The first-order valence-electron chi connectivity index (χ1n) is 6.29. The van der Waals surface area contributed by atoms with Gasteiger partial charge in [0.2, 0.25) is 5.91 Å². The SMILES string of the molecule is CCCCC(=O)N1CCCCC1CCN. The summed E-state index contributed by atoms with van der Waals surface area (Å²) in [4.78, 5) is 14.0. The summed E-state index contributed by atoms with van der Waals surface area (Å²) < 4.78 is 0. The molecule has 0 saturated carbocycles. The number of amides is 1. The number of likely N-dealkylation sites (tertiary alicyclic amines) is 1. The van der Waals surface area contributed by atoms with Gasteiger partial charge in [0.05, 0.1) is 0 Å². The lowest BCUT2D eigenvalue weighted by atomic mass is 9.98. The van der Waals surface area contributed by atoms with E-state index in [0.717, 1.165) is 38.6 Å². The Bertz CT molecular complexity index is 192. The monoisotopic (exact) mass is 212 g/mol. The van der Waals surface area contributed by atoms with E-state index in [1.807, 2.05) is 0 Å². The highest BCUT2D eigenvalue weighted by atomic mass is 16.2. The van der Waals surface area contributed by atoms with Gasteiger partial charge in [-0.25, -0.2) is 0 Å². The minimum absolute atomic E-state index is 0.343. The van der Waals surface area contributed by atoms with Gasteiger partial charge >= 0.3 is 0 Å². The van der Waals surface area contributed by atoms with Crippen LogP contribution in [0.3, 0.4) is 0 Å². The highest BCUT2D eigenvalue weighted by Crippen LogP contribution is 2.20. The Morgan fingerprint density at radius 3 is 2.93 bits per heavy atom. The maximum Gasteiger partial charge on any atom is 0.222 e. The molecule has 0 radical (unpaired) electrons. The van der Waals surface area contributed by atoms with E-state index < -0.39 is 0 Å². The average Bonchev–Trinajstić information content (AvgIpc) is 2.27. The first-order valence-corrected chi connectivity index (χ1v) is 6.29. The molecule has 88 valence electrons. The summed E-state index contributed by atoms with van der Waals surface area (Å²) in [6.07, 6.45) is 7.37. The van der Waals surface area contributed by atoms with Crippen molar-refractivity contribution in [1.82, 2.24) is 4.90 Å². The molecule has 3 heteroatoms. The molecule has 2 N–H and O–H groups in total. The Hall–Kier alpha value is -0.570. The number of carbonyl (C=O) groups excluding carboxylic acids is 1. The molecule has 1 rings (SSSR count). The van der Waals surface area contributed by atoms with Crippen molar-refractivity contribution in [2.45, 2.75) is 57.9 Å². The summed E-state index contributed by atoms with van der Waals surface area (Å²) in [5.74, 6) is 0.343. The molecular formula is C12H24N2O. The molecule has 15 heavy (non-hydrogen) atoms. The Morgan fingerprint density at radius 2 is 2.27 bits per heavy atom. The number of piperidine rings is 1. The van der Waals surface area contributed by atoms with E-state index >= 15 is 0 Å². The lowest BCUT2D eigenvalue weighted by Crippen LogP contribution is -2.44. The van der Waals surface area contributed by atoms with Crippen LogP contribution in [0.2, 0.25) is 0 Å². The topological polar surface area (TPSA) is 46.3 Å². The van der Waals surface area contributed by atoms with Crippen molar-refractivity contribution in [3.8, 4) is 0 Å². The molecule has 1 fully saturated rings. The van der Waals surface area contributed by atoms with Gasteiger partial charge in [0, 0.05) is 19.0 Å². The van der Waals surface area contributed by atoms with Crippen molar-refractivity contribution in [3.63, 3.8) is 0 Å². The van der Waals surface area contributed by atoms with E-state index in [2.05, 4.69) is 11.8 Å². The third-order valence-corrected chi connectivity index (χ3v) is 3.19. The summed E-state index contributed by atoms with van der Waals surface area (Å²) in [6.45, 7) is 3.77. The molecule has 1 saturated heterocycles. The zero-order chi connectivity index (χ0) is 11.1. The quantitative estimate of drug-likeness (QED) is 0.756. The summed E-state index contributed by atoms with van der Waals surface area (Å²) in [5, 5.41) is 0. The lowest BCUT2D eigenvalue weighted by Gasteiger charge is -2.35. The van der Waals surface area contributed by atoms with E-state index in [1.165, 1.54) is 12.8 Å². The molecule has 0 aliphatic carbocycles. The number of hydrogen-bond acceptors (Lipinski definition) is 2. The lowest BCUT2D eigenvalue weighted by molar-refractivity contribution is -0.135. The van der Waals surface area contributed by atoms with Crippen molar-refractivity contribution in [1.29, 1.82) is 0 Å². The molecule has 0 spiro atoms. The fraction of sp³-hybridized carbons (Fsp3) is 0.917. The van der Waals surface area contributed by atoms with Gasteiger partial charge in [-0.1, -0.05) is 13.3 Å². The summed E-state index contributed by atoms with van der Waals surface area (Å²) in [6, 6.07) is 0.424. The minimum Gasteiger partial charge on any atom is -0.340 e. The standard InChI is InChI=1S/C12H24N2O/c1-2-3-7-12(15)14-10-5-4-6-11(14)8-9-13/h11H,2-10,13H2,1H3. The van der Waals surface area contributed by atoms with Crippen LogP contribution in [0.1, 0.15) is 51.9 Å². The number of carbonyl (C=O) groups is 1. The second-order valence-corrected chi connectivity index (χ2v) is 4.42. The van der Waals surface area contributed by atoms with E-state index in [4.69, 9.17) is 5.73 Å². The second kappa shape index (κ2) is 6.83. The third kappa shape index (κ3) is 3.82. The zero-order valence-corrected chi connectivity index (χ0v) is 9.87. The van der Waals surface area contributed by atoms with Gasteiger partial charge in [0.15, 0.2) is 0 Å². The third-order valence-electron chi connectivity index (χ3n) is 3.19. The first kappa shape index (κ1) is 12.5. The molecule has 1 unspecified atom stereocenters. The molecular weight excluding hydrogens is 188 g/mol. The van der Waals surface area contributed by atoms with Crippen LogP contribution in [-0.4, -0.2) is 29.9 Å². The summed E-state index contributed by atoms with van der Waals surface area (Å²) >= 11 is 0. The normalized spacial score (nSPS) is 21.7. The van der Waals surface area contributed by atoms with Gasteiger partial charge in [-0.05, 0) is 38.6 Å². The van der Waals surface area contributed by atoms with Crippen molar-refractivity contribution in [2.75, 3.05) is 13.1 Å². The van der Waals surface area contributed by atoms with Gasteiger partial charge in [-0.2, -0.15) is 0 Å². The van der Waals surface area contributed by atoms with E-state index in [0.29, 0.717) is 18.5 Å². The maximum absolute atomic E-state index is 11.9. The van der Waals surface area contributed by atoms with Crippen LogP contribution in [0.4, 0.5) is 0 Å². The second-order valence-electron chi connectivity index (χ2n) is 4.42. The Labute approximate surface area is 93.0 Å². The Balaban J connectivity index is 2.43. The van der Waals surface area contributed by atoms with Gasteiger partial charge in [-0.15, -0.1) is 0 Å². The molecule has 1 aliphatic rings. The van der Waals surface area contributed by atoms with E-state index in [9.17, 15) is 4.79 Å². The Morgan fingerprint density at radius 1 is 1.47 bits per heavy atom. The highest BCUT2D eigenvalue weighted by Gasteiger charge is 2.25. The van der Waals surface area contributed by atoms with Gasteiger partial charge < -0.3 is 10.6 Å². The average molecular weight is 212 g/mol. The fourth-order valence-corrected chi connectivity index (χ4v) is 2.29. The van der Waals surface area contributed by atoms with Crippen LogP contribution in [0.25, 0.3) is 0 Å². The van der Waals surface area contributed by atoms with Crippen molar-refractivity contribution in [2.24, 2.45) is 5.73 Å².